The van der Waals surface area contributed by atoms with Crippen molar-refractivity contribution in [1.29, 1.82) is 0 Å². The monoisotopic (exact) mass is 256 g/mol. The van der Waals surface area contributed by atoms with Crippen LogP contribution in [-0.2, 0) is 0 Å². The van der Waals surface area contributed by atoms with Crippen LogP contribution in [0.2, 0.25) is 0 Å². The molecule has 0 aromatic rings. The maximum atomic E-state index is 5.51. The summed E-state index contributed by atoms with van der Waals surface area (Å²) in [5, 5.41) is 6.34. The van der Waals surface area contributed by atoms with Gasteiger partial charge in [0.1, 0.15) is 5.66 Å². The molecule has 0 amide bonds. The Hall–Kier alpha value is -1.14. The van der Waals surface area contributed by atoms with E-state index in [0.29, 0.717) is 0 Å². The molecule has 1 rings (SSSR count). The zero-order chi connectivity index (χ0) is 12.2. The average molecular weight is 256 g/mol. The van der Waals surface area contributed by atoms with Crippen LogP contribution < -0.4 is 22.1 Å². The van der Waals surface area contributed by atoms with Gasteiger partial charge >= 0.3 is 0 Å². The van der Waals surface area contributed by atoms with Crippen LogP contribution in [0.4, 0.5) is 0 Å². The van der Waals surface area contributed by atoms with Gasteiger partial charge in [0.15, 0.2) is 10.2 Å². The summed E-state index contributed by atoms with van der Waals surface area (Å²) in [7, 11) is 0. The van der Waals surface area contributed by atoms with E-state index < -0.39 is 5.66 Å². The van der Waals surface area contributed by atoms with Gasteiger partial charge < -0.3 is 22.1 Å². The Bertz CT molecular complexity index is 344. The van der Waals surface area contributed by atoms with Gasteiger partial charge in [-0.1, -0.05) is 18.2 Å². The van der Waals surface area contributed by atoms with Crippen molar-refractivity contribution in [2.75, 3.05) is 0 Å². The second kappa shape index (κ2) is 5.27. The second-order valence-corrected chi connectivity index (χ2v) is 4.62. The number of thiocarbonyl (C=S) groups is 2. The predicted molar refractivity (Wildman–Crippen MR) is 74.7 cm³/mol. The summed E-state index contributed by atoms with van der Waals surface area (Å²) >= 11 is 9.71. The van der Waals surface area contributed by atoms with E-state index in [9.17, 15) is 0 Å². The Morgan fingerprint density at radius 3 is 2.19 bits per heavy atom. The van der Waals surface area contributed by atoms with E-state index in [1.54, 1.807) is 0 Å². The molecule has 6 N–H and O–H groups in total. The van der Waals surface area contributed by atoms with Crippen molar-refractivity contribution in [2.45, 2.75) is 25.4 Å². The molecular formula is C10H16N4S2. The van der Waals surface area contributed by atoms with Crippen LogP contribution in [0.5, 0.6) is 0 Å². The van der Waals surface area contributed by atoms with Gasteiger partial charge in [0.25, 0.3) is 0 Å². The van der Waals surface area contributed by atoms with Crippen LogP contribution in [0.3, 0.4) is 0 Å². The van der Waals surface area contributed by atoms with Crippen molar-refractivity contribution in [1.82, 2.24) is 10.6 Å². The molecule has 0 atom stereocenters. The standard InChI is InChI=1S/C10H16N4S2/c1-10(13-8(11)15,14-9(12)16)7-5-3-2-4-6-7/h3,5-6H,2,4H2,1H3,(H3,11,13,15)(H3,12,14,16). The van der Waals surface area contributed by atoms with Crippen molar-refractivity contribution in [2.24, 2.45) is 11.5 Å². The Morgan fingerprint density at radius 2 is 1.81 bits per heavy atom. The molecule has 0 bridgehead atoms. The number of nitrogens with one attached hydrogen (secondary N) is 2. The van der Waals surface area contributed by atoms with Crippen molar-refractivity contribution >= 4 is 34.7 Å². The zero-order valence-corrected chi connectivity index (χ0v) is 10.8. The molecule has 0 aliphatic heterocycles. The maximum absolute atomic E-state index is 5.51. The summed E-state index contributed by atoms with van der Waals surface area (Å²) in [6.07, 6.45) is 8.24. The van der Waals surface area contributed by atoms with Crippen molar-refractivity contribution < 1.29 is 0 Å². The maximum Gasteiger partial charge on any atom is 0.165 e. The first kappa shape index (κ1) is 12.9. The number of hydrogen-bond donors (Lipinski definition) is 4. The summed E-state index contributed by atoms with van der Waals surface area (Å²) in [5.74, 6) is 0. The van der Waals surface area contributed by atoms with Gasteiger partial charge in [-0.2, -0.15) is 0 Å². The quantitative estimate of drug-likeness (QED) is 0.439. The number of hydrogen-bond acceptors (Lipinski definition) is 2. The van der Waals surface area contributed by atoms with Crippen LogP contribution in [0.25, 0.3) is 0 Å². The van der Waals surface area contributed by atoms with Crippen LogP contribution in [0.1, 0.15) is 19.8 Å². The lowest BCUT2D eigenvalue weighted by molar-refractivity contribution is 0.464. The highest BCUT2D eigenvalue weighted by Crippen LogP contribution is 2.20. The molecule has 0 spiro atoms. The SMILES string of the molecule is CC(NC(N)=S)(NC(N)=S)C1=CCCC=C1. The minimum atomic E-state index is -0.644. The molecule has 0 saturated carbocycles. The van der Waals surface area contributed by atoms with Gasteiger partial charge in [0, 0.05) is 0 Å². The fourth-order valence-electron chi connectivity index (χ4n) is 1.65. The van der Waals surface area contributed by atoms with Gasteiger partial charge in [-0.15, -0.1) is 0 Å². The van der Waals surface area contributed by atoms with Crippen molar-refractivity contribution in [3.63, 3.8) is 0 Å². The summed E-state index contributed by atoms with van der Waals surface area (Å²) in [6, 6.07) is 0. The molecule has 1 aliphatic rings. The first-order valence-corrected chi connectivity index (χ1v) is 5.78. The first-order valence-electron chi connectivity index (χ1n) is 4.96. The van der Waals surface area contributed by atoms with Crippen molar-refractivity contribution in [3.8, 4) is 0 Å². The lowest BCUT2D eigenvalue weighted by Crippen LogP contribution is -2.61. The second-order valence-electron chi connectivity index (χ2n) is 3.74. The molecule has 0 aromatic heterocycles. The highest BCUT2D eigenvalue weighted by Gasteiger charge is 2.28. The molecule has 0 unspecified atom stereocenters. The highest BCUT2D eigenvalue weighted by atomic mass is 32.1. The molecule has 0 radical (unpaired) electrons. The van der Waals surface area contributed by atoms with Gasteiger partial charge in [0.2, 0.25) is 0 Å². The van der Waals surface area contributed by atoms with E-state index >= 15 is 0 Å². The number of rotatable bonds is 3. The molecule has 0 heterocycles. The van der Waals surface area contributed by atoms with Gasteiger partial charge in [-0.05, 0) is 49.8 Å². The summed E-state index contributed by atoms with van der Waals surface area (Å²) in [5.41, 5.74) is 11.4. The third-order valence-corrected chi connectivity index (χ3v) is 2.52. The van der Waals surface area contributed by atoms with E-state index in [4.69, 9.17) is 35.9 Å². The fourth-order valence-corrected chi connectivity index (χ4v) is 2.06. The Morgan fingerprint density at radius 1 is 1.25 bits per heavy atom. The van der Waals surface area contributed by atoms with E-state index in [2.05, 4.69) is 22.8 Å². The Kier molecular flexibility index (Phi) is 4.26. The summed E-state index contributed by atoms with van der Waals surface area (Å²) in [4.78, 5) is 0. The highest BCUT2D eigenvalue weighted by molar-refractivity contribution is 7.80. The van der Waals surface area contributed by atoms with E-state index in [-0.39, 0.29) is 10.2 Å². The van der Waals surface area contributed by atoms with Crippen LogP contribution in [0.15, 0.2) is 23.8 Å². The Balaban J connectivity index is 2.93. The first-order chi connectivity index (χ1) is 7.44. The molecule has 1 aliphatic carbocycles. The predicted octanol–water partition coefficient (Wildman–Crippen LogP) is 0.645. The molecule has 6 heteroatoms. The van der Waals surface area contributed by atoms with Crippen LogP contribution in [-0.4, -0.2) is 15.9 Å². The third kappa shape index (κ3) is 3.46. The molecule has 0 aromatic carbocycles. The average Bonchev–Trinajstić information content (AvgIpc) is 2.16. The molecule has 16 heavy (non-hydrogen) atoms. The summed E-state index contributed by atoms with van der Waals surface area (Å²) < 4.78 is 0. The number of allylic oxidation sites excluding steroid dienone is 2. The van der Waals surface area contributed by atoms with Gasteiger partial charge in [-0.3, -0.25) is 0 Å². The Labute approximate surface area is 106 Å². The smallest absolute Gasteiger partial charge is 0.165 e. The topological polar surface area (TPSA) is 76.1 Å². The van der Waals surface area contributed by atoms with E-state index in [0.717, 1.165) is 18.4 Å². The van der Waals surface area contributed by atoms with Crippen LogP contribution >= 0.6 is 24.4 Å². The summed E-state index contributed by atoms with van der Waals surface area (Å²) in [6.45, 7) is 1.90. The molecule has 0 fully saturated rings. The normalized spacial score (nSPS) is 15.2. The minimum Gasteiger partial charge on any atom is -0.376 e. The zero-order valence-electron chi connectivity index (χ0n) is 9.12. The van der Waals surface area contributed by atoms with Gasteiger partial charge in [0.05, 0.1) is 0 Å². The number of nitrogens with two attached hydrogens (primary N) is 2. The third-order valence-electron chi connectivity index (χ3n) is 2.32. The van der Waals surface area contributed by atoms with Gasteiger partial charge in [-0.25, -0.2) is 0 Å². The fraction of sp³-hybridized carbons (Fsp3) is 0.400. The lowest BCUT2D eigenvalue weighted by atomic mass is 9.95. The van der Waals surface area contributed by atoms with Crippen molar-refractivity contribution in [3.05, 3.63) is 23.8 Å². The lowest BCUT2D eigenvalue weighted by Gasteiger charge is -2.34. The largest absolute Gasteiger partial charge is 0.376 e. The molecule has 88 valence electrons. The molecular weight excluding hydrogens is 240 g/mol. The minimum absolute atomic E-state index is 0.200. The molecule has 0 saturated heterocycles. The van der Waals surface area contributed by atoms with E-state index in [1.165, 1.54) is 0 Å². The molecule has 4 nitrogen and oxygen atoms in total. The van der Waals surface area contributed by atoms with E-state index in [1.807, 2.05) is 13.0 Å². The van der Waals surface area contributed by atoms with Crippen LogP contribution in [0, 0.1) is 0 Å².